The number of rotatable bonds is 2. The van der Waals surface area contributed by atoms with Gasteiger partial charge in [0, 0.05) is 11.6 Å². The first kappa shape index (κ1) is 11.7. The third kappa shape index (κ3) is 1.91. The van der Waals surface area contributed by atoms with Gasteiger partial charge in [-0.15, -0.1) is 11.3 Å². The number of fused-ring (bicyclic) bond motifs is 1. The molecule has 4 aromatic rings. The van der Waals surface area contributed by atoms with Crippen LogP contribution in [0.1, 0.15) is 0 Å². The van der Waals surface area contributed by atoms with Crippen molar-refractivity contribution in [2.75, 3.05) is 0 Å². The molecule has 0 aliphatic rings. The van der Waals surface area contributed by atoms with Crippen LogP contribution in [0.2, 0.25) is 0 Å². The Kier molecular flexibility index (Phi) is 2.60. The smallest absolute Gasteiger partial charge is 0.259 e. The second-order valence-corrected chi connectivity index (χ2v) is 6.33. The van der Waals surface area contributed by atoms with E-state index in [-0.39, 0.29) is 0 Å². The largest absolute Gasteiger partial charge is 0.333 e. The number of halogens is 1. The zero-order valence-corrected chi connectivity index (χ0v) is 12.1. The van der Waals surface area contributed by atoms with Crippen LogP contribution >= 0.6 is 27.3 Å². The molecule has 4 aromatic heterocycles. The molecule has 4 rings (SSSR count). The van der Waals surface area contributed by atoms with Crippen molar-refractivity contribution in [3.8, 4) is 22.3 Å². The number of nitrogens with one attached hydrogen (secondary N) is 1. The molecule has 0 amide bonds. The summed E-state index contributed by atoms with van der Waals surface area (Å²) in [5, 5.41) is 12.2. The van der Waals surface area contributed by atoms with Crippen molar-refractivity contribution in [3.05, 3.63) is 28.4 Å². The van der Waals surface area contributed by atoms with Gasteiger partial charge in [0.05, 0.1) is 21.7 Å². The van der Waals surface area contributed by atoms with E-state index in [0.717, 1.165) is 20.4 Å². The fraction of sp³-hybridized carbons (Fsp3) is 0. The van der Waals surface area contributed by atoms with Gasteiger partial charge in [0.2, 0.25) is 5.82 Å². The zero-order chi connectivity index (χ0) is 13.5. The Morgan fingerprint density at radius 3 is 3.00 bits per heavy atom. The summed E-state index contributed by atoms with van der Waals surface area (Å²) in [6.45, 7) is 0. The van der Waals surface area contributed by atoms with Gasteiger partial charge >= 0.3 is 0 Å². The number of aromatic nitrogens is 6. The van der Waals surface area contributed by atoms with Crippen LogP contribution in [0.25, 0.3) is 33.3 Å². The highest BCUT2D eigenvalue weighted by molar-refractivity contribution is 9.11. The van der Waals surface area contributed by atoms with Gasteiger partial charge in [-0.2, -0.15) is 10.1 Å². The summed E-state index contributed by atoms with van der Waals surface area (Å²) in [6, 6.07) is 1.89. The van der Waals surface area contributed by atoms with Gasteiger partial charge in [-0.3, -0.25) is 5.10 Å². The van der Waals surface area contributed by atoms with Gasteiger partial charge in [-0.25, -0.2) is 9.97 Å². The van der Waals surface area contributed by atoms with Crippen molar-refractivity contribution >= 4 is 38.3 Å². The maximum atomic E-state index is 5.26. The minimum absolute atomic E-state index is 0.405. The molecule has 98 valence electrons. The molecule has 0 bridgehead atoms. The molecule has 0 aliphatic carbocycles. The number of hydrogen-bond donors (Lipinski definition) is 1. The van der Waals surface area contributed by atoms with E-state index >= 15 is 0 Å². The van der Waals surface area contributed by atoms with Crippen LogP contribution in [-0.4, -0.2) is 30.3 Å². The van der Waals surface area contributed by atoms with Gasteiger partial charge in [-0.05, 0) is 22.0 Å². The Balaban J connectivity index is 1.77. The first-order chi connectivity index (χ1) is 9.79. The van der Waals surface area contributed by atoms with E-state index in [0.29, 0.717) is 16.7 Å². The molecule has 0 radical (unpaired) electrons. The molecule has 0 atom stereocenters. The molecule has 0 unspecified atom stereocenters. The van der Waals surface area contributed by atoms with E-state index in [1.165, 1.54) is 11.3 Å². The van der Waals surface area contributed by atoms with Crippen molar-refractivity contribution in [3.63, 3.8) is 0 Å². The van der Waals surface area contributed by atoms with Gasteiger partial charge in [-0.1, -0.05) is 5.16 Å². The van der Waals surface area contributed by atoms with Crippen LogP contribution in [0.3, 0.4) is 0 Å². The Bertz CT molecular complexity index is 897. The summed E-state index contributed by atoms with van der Waals surface area (Å²) in [7, 11) is 0. The first-order valence-electron chi connectivity index (χ1n) is 5.54. The molecular weight excluding hydrogens is 344 g/mol. The van der Waals surface area contributed by atoms with Crippen LogP contribution in [0.4, 0.5) is 0 Å². The molecule has 0 saturated carbocycles. The maximum absolute atomic E-state index is 5.26. The molecule has 0 aromatic carbocycles. The van der Waals surface area contributed by atoms with E-state index in [2.05, 4.69) is 46.2 Å². The second kappa shape index (κ2) is 4.46. The van der Waals surface area contributed by atoms with Crippen LogP contribution in [0, 0.1) is 0 Å². The zero-order valence-electron chi connectivity index (χ0n) is 9.74. The lowest BCUT2D eigenvalue weighted by atomic mass is 10.2. The fourth-order valence-electron chi connectivity index (χ4n) is 1.74. The molecule has 0 fully saturated rings. The van der Waals surface area contributed by atoms with Gasteiger partial charge in [0.15, 0.2) is 10.7 Å². The highest BCUT2D eigenvalue weighted by Crippen LogP contribution is 2.28. The quantitative estimate of drug-likeness (QED) is 0.598. The van der Waals surface area contributed by atoms with Gasteiger partial charge < -0.3 is 4.52 Å². The van der Waals surface area contributed by atoms with Crippen LogP contribution in [0.5, 0.6) is 0 Å². The molecule has 9 heteroatoms. The number of thiazole rings is 1. The van der Waals surface area contributed by atoms with Crippen molar-refractivity contribution in [1.29, 1.82) is 0 Å². The Hall–Kier alpha value is -2.13. The molecular formula is C11H5BrN6OS. The molecule has 0 aliphatic heterocycles. The van der Waals surface area contributed by atoms with E-state index < -0.39 is 0 Å². The average Bonchev–Trinajstić information content (AvgIpc) is 3.17. The van der Waals surface area contributed by atoms with E-state index in [9.17, 15) is 0 Å². The lowest BCUT2D eigenvalue weighted by Gasteiger charge is -1.92. The molecule has 4 heterocycles. The number of nitrogens with zero attached hydrogens (tertiary/aromatic N) is 5. The van der Waals surface area contributed by atoms with Crippen molar-refractivity contribution in [2.24, 2.45) is 0 Å². The third-order valence-electron chi connectivity index (χ3n) is 2.63. The molecule has 20 heavy (non-hydrogen) atoms. The summed E-state index contributed by atoms with van der Waals surface area (Å²) >= 11 is 4.80. The maximum Gasteiger partial charge on any atom is 0.259 e. The molecule has 0 spiro atoms. The number of aromatic amines is 1. The predicted octanol–water partition coefficient (Wildman–Crippen LogP) is 2.89. The number of hydrogen-bond acceptors (Lipinski definition) is 7. The monoisotopic (exact) mass is 348 g/mol. The molecule has 7 nitrogen and oxygen atoms in total. The predicted molar refractivity (Wildman–Crippen MR) is 76.0 cm³/mol. The van der Waals surface area contributed by atoms with E-state index in [4.69, 9.17) is 4.52 Å². The average molecular weight is 349 g/mol. The van der Waals surface area contributed by atoms with E-state index in [1.807, 2.05) is 6.07 Å². The number of H-pyrrole nitrogens is 1. The summed E-state index contributed by atoms with van der Waals surface area (Å²) in [4.78, 5) is 12.8. The van der Waals surface area contributed by atoms with Crippen LogP contribution < -0.4 is 0 Å². The second-order valence-electron chi connectivity index (χ2n) is 3.92. The Morgan fingerprint density at radius 1 is 1.20 bits per heavy atom. The molecule has 1 N–H and O–H groups in total. The van der Waals surface area contributed by atoms with E-state index in [1.54, 1.807) is 18.6 Å². The van der Waals surface area contributed by atoms with Crippen molar-refractivity contribution in [2.45, 2.75) is 0 Å². The standard InChI is InChI=1S/C11H5BrN6OS/c12-7-4-14-11(20-7)9-16-10(19-18-9)6-1-5-3-15-17-8(5)13-2-6/h1-4H,(H,13,15,17). The number of pyridine rings is 1. The summed E-state index contributed by atoms with van der Waals surface area (Å²) in [5.41, 5.74) is 1.46. The third-order valence-corrected chi connectivity index (χ3v) is 4.11. The van der Waals surface area contributed by atoms with Crippen LogP contribution in [0.15, 0.2) is 33.0 Å². The van der Waals surface area contributed by atoms with Gasteiger partial charge in [0.1, 0.15) is 0 Å². The van der Waals surface area contributed by atoms with Crippen LogP contribution in [-0.2, 0) is 0 Å². The SMILES string of the molecule is Brc1cnc(-c2noc(-c3cnc4[nH]ncc4c3)n2)s1. The fourth-order valence-corrected chi connectivity index (χ4v) is 2.87. The Morgan fingerprint density at radius 2 is 2.15 bits per heavy atom. The normalized spacial score (nSPS) is 11.2. The minimum Gasteiger partial charge on any atom is -0.333 e. The van der Waals surface area contributed by atoms with Gasteiger partial charge in [0.25, 0.3) is 5.89 Å². The Labute approximate surface area is 124 Å². The topological polar surface area (TPSA) is 93.4 Å². The minimum atomic E-state index is 0.405. The highest BCUT2D eigenvalue weighted by atomic mass is 79.9. The summed E-state index contributed by atoms with van der Waals surface area (Å²) in [5.74, 6) is 0.866. The summed E-state index contributed by atoms with van der Waals surface area (Å²) < 4.78 is 6.18. The first-order valence-corrected chi connectivity index (χ1v) is 7.15. The highest BCUT2D eigenvalue weighted by Gasteiger charge is 2.14. The summed E-state index contributed by atoms with van der Waals surface area (Å²) in [6.07, 6.45) is 5.06. The van der Waals surface area contributed by atoms with Crippen molar-refractivity contribution in [1.82, 2.24) is 30.3 Å². The lowest BCUT2D eigenvalue weighted by Crippen LogP contribution is -1.82. The molecule has 0 saturated heterocycles. The van der Waals surface area contributed by atoms with Crippen molar-refractivity contribution < 1.29 is 4.52 Å². The lowest BCUT2D eigenvalue weighted by molar-refractivity contribution is 0.432.